The molecule has 0 radical (unpaired) electrons. The highest BCUT2D eigenvalue weighted by atomic mass is 32.2. The van der Waals surface area contributed by atoms with Crippen LogP contribution in [-0.2, 0) is 36.4 Å². The topological polar surface area (TPSA) is 95.8 Å². The Kier molecular flexibility index (Phi) is 6.00. The lowest BCUT2D eigenvalue weighted by Crippen LogP contribution is -2.37. The van der Waals surface area contributed by atoms with E-state index in [1.807, 2.05) is 28.9 Å². The molecule has 9 nitrogen and oxygen atoms in total. The average Bonchev–Trinajstić information content (AvgIpc) is 3.29. The van der Waals surface area contributed by atoms with Crippen molar-refractivity contribution >= 4 is 21.3 Å². The Morgan fingerprint density at radius 1 is 0.973 bits per heavy atom. The van der Waals surface area contributed by atoms with Crippen LogP contribution in [0.1, 0.15) is 40.7 Å². The number of nitrogens with zero attached hydrogens (tertiary/aromatic N) is 4. The van der Waals surface area contributed by atoms with Crippen molar-refractivity contribution in [3.05, 3.63) is 76.3 Å². The van der Waals surface area contributed by atoms with Crippen LogP contribution in [0.4, 0.5) is 0 Å². The van der Waals surface area contributed by atoms with Crippen molar-refractivity contribution in [2.45, 2.75) is 45.8 Å². The predicted molar refractivity (Wildman–Crippen MR) is 138 cm³/mol. The summed E-state index contributed by atoms with van der Waals surface area (Å²) in [5.41, 5.74) is 6.74. The zero-order valence-electron chi connectivity index (χ0n) is 20.8. The van der Waals surface area contributed by atoms with Gasteiger partial charge >= 0.3 is 10.3 Å². The molecule has 4 heterocycles. The van der Waals surface area contributed by atoms with Gasteiger partial charge in [-0.2, -0.15) is 12.7 Å². The van der Waals surface area contributed by atoms with E-state index in [0.29, 0.717) is 30.3 Å². The highest BCUT2D eigenvalue weighted by Gasteiger charge is 2.32. The number of fused-ring (bicyclic) bond motifs is 5. The van der Waals surface area contributed by atoms with Gasteiger partial charge in [-0.15, -0.1) is 5.10 Å². The van der Waals surface area contributed by atoms with Crippen molar-refractivity contribution in [3.8, 4) is 17.2 Å². The van der Waals surface area contributed by atoms with Crippen LogP contribution >= 0.6 is 0 Å². The molecule has 0 N–H and O–H groups in total. The van der Waals surface area contributed by atoms with Crippen molar-refractivity contribution in [1.82, 2.24) is 19.3 Å². The van der Waals surface area contributed by atoms with E-state index in [0.717, 1.165) is 58.2 Å². The van der Waals surface area contributed by atoms with Crippen molar-refractivity contribution in [2.75, 3.05) is 13.7 Å². The van der Waals surface area contributed by atoms with Crippen molar-refractivity contribution in [1.29, 1.82) is 0 Å². The molecule has 9 bridgehead atoms. The van der Waals surface area contributed by atoms with Crippen LogP contribution in [0, 0.1) is 6.92 Å². The van der Waals surface area contributed by atoms with Gasteiger partial charge in [-0.1, -0.05) is 23.4 Å². The van der Waals surface area contributed by atoms with Gasteiger partial charge in [-0.05, 0) is 73.2 Å². The van der Waals surface area contributed by atoms with Gasteiger partial charge in [0, 0.05) is 30.8 Å². The molecule has 4 aromatic rings. The summed E-state index contributed by atoms with van der Waals surface area (Å²) in [5, 5.41) is 8.87. The Hall–Kier alpha value is -3.63. The second-order valence-corrected chi connectivity index (χ2v) is 11.0. The van der Waals surface area contributed by atoms with Crippen LogP contribution in [0.5, 0.6) is 17.2 Å². The lowest BCUT2D eigenvalue weighted by Gasteiger charge is -2.28. The third-order valence-corrected chi connectivity index (χ3v) is 8.34. The lowest BCUT2D eigenvalue weighted by molar-refractivity contribution is 0.296. The molecule has 0 fully saturated rings. The number of benzene rings is 3. The number of hydrogen-bond acceptors (Lipinski definition) is 7. The molecule has 3 aromatic carbocycles. The smallest absolute Gasteiger partial charge is 0.385 e. The summed E-state index contributed by atoms with van der Waals surface area (Å²) in [6, 6.07) is 15.4. The second kappa shape index (κ2) is 9.35. The number of methoxy groups -OCH3 is 1. The summed E-state index contributed by atoms with van der Waals surface area (Å²) >= 11 is 0. The van der Waals surface area contributed by atoms with Gasteiger partial charge in [0.1, 0.15) is 22.8 Å². The quantitative estimate of drug-likeness (QED) is 0.372. The maximum Gasteiger partial charge on any atom is 0.385 e. The molecule has 1 unspecified atom stereocenters. The van der Waals surface area contributed by atoms with Gasteiger partial charge in [-0.25, -0.2) is 4.68 Å². The number of ether oxygens (including phenoxy) is 2. The highest BCUT2D eigenvalue weighted by Crippen LogP contribution is 2.34. The first-order valence-corrected chi connectivity index (χ1v) is 13.7. The number of rotatable bonds is 1. The molecule has 0 amide bonds. The van der Waals surface area contributed by atoms with Crippen LogP contribution in [0.15, 0.2) is 48.5 Å². The second-order valence-electron chi connectivity index (χ2n) is 9.49. The van der Waals surface area contributed by atoms with E-state index in [1.54, 1.807) is 19.2 Å². The standard InChI is InChI=1S/C27H28N4O5S/c1-18-20-6-8-24-27(18)28-29-31(24)11-3-4-12-35-23-7-10-26-22(15-23)17-30(37(32,33)36-26)16-21-14-19(13-20)5-9-25(21)34-2/h5-10,14-15H,3-4,11-13,16-17H2,1-2H3. The van der Waals surface area contributed by atoms with Gasteiger partial charge < -0.3 is 13.7 Å². The fraction of sp³-hybridized carbons (Fsp3) is 0.333. The van der Waals surface area contributed by atoms with Gasteiger partial charge in [0.2, 0.25) is 0 Å². The van der Waals surface area contributed by atoms with Crippen molar-refractivity contribution in [2.24, 2.45) is 0 Å². The molecular formula is C27H28N4O5S. The van der Waals surface area contributed by atoms with Crippen LogP contribution in [0.25, 0.3) is 11.0 Å². The summed E-state index contributed by atoms with van der Waals surface area (Å²) in [5.74, 6) is 1.64. The van der Waals surface area contributed by atoms with Crippen LogP contribution in [0.2, 0.25) is 0 Å². The zero-order chi connectivity index (χ0) is 25.6. The minimum absolute atomic E-state index is 0.121. The first-order valence-electron chi connectivity index (χ1n) is 12.3. The maximum atomic E-state index is 13.0. The van der Waals surface area contributed by atoms with Gasteiger partial charge in [0.05, 0.1) is 19.2 Å². The first kappa shape index (κ1) is 23.7. The predicted octanol–water partition coefficient (Wildman–Crippen LogP) is 4.15. The fourth-order valence-corrected chi connectivity index (χ4v) is 6.10. The molecule has 0 saturated heterocycles. The third kappa shape index (κ3) is 4.51. The molecule has 1 aromatic heterocycles. The Morgan fingerprint density at radius 2 is 1.84 bits per heavy atom. The van der Waals surface area contributed by atoms with Crippen molar-refractivity contribution in [3.63, 3.8) is 0 Å². The Balaban J connectivity index is 1.42. The maximum absolute atomic E-state index is 13.0. The fourth-order valence-electron chi connectivity index (χ4n) is 5.02. The first-order chi connectivity index (χ1) is 17.9. The molecule has 37 heavy (non-hydrogen) atoms. The average molecular weight is 521 g/mol. The highest BCUT2D eigenvalue weighted by molar-refractivity contribution is 7.84. The molecular weight excluding hydrogens is 492 g/mol. The van der Waals surface area contributed by atoms with Crippen LogP contribution < -0.4 is 13.7 Å². The molecule has 0 spiro atoms. The normalized spacial score (nSPS) is 18.9. The lowest BCUT2D eigenvalue weighted by atomic mass is 9.98. The summed E-state index contributed by atoms with van der Waals surface area (Å²) < 4.78 is 46.2. The van der Waals surface area contributed by atoms with E-state index in [1.165, 1.54) is 4.31 Å². The van der Waals surface area contributed by atoms with E-state index in [2.05, 4.69) is 29.4 Å². The van der Waals surface area contributed by atoms with E-state index in [-0.39, 0.29) is 13.1 Å². The Morgan fingerprint density at radius 3 is 2.70 bits per heavy atom. The molecule has 0 aliphatic carbocycles. The summed E-state index contributed by atoms with van der Waals surface area (Å²) in [7, 11) is -2.38. The molecule has 7 rings (SSSR count). The molecule has 1 atom stereocenters. The number of aromatic nitrogens is 3. The minimum Gasteiger partial charge on any atom is -0.496 e. The van der Waals surface area contributed by atoms with Gasteiger partial charge in [-0.3, -0.25) is 0 Å². The Labute approximate surface area is 215 Å². The molecule has 3 aliphatic rings. The van der Waals surface area contributed by atoms with E-state index < -0.39 is 10.3 Å². The largest absolute Gasteiger partial charge is 0.496 e. The summed E-state index contributed by atoms with van der Waals surface area (Å²) in [6.07, 6.45) is 2.42. The third-order valence-electron chi connectivity index (χ3n) is 7.06. The zero-order valence-corrected chi connectivity index (χ0v) is 21.6. The number of hydrogen-bond donors (Lipinski definition) is 0. The van der Waals surface area contributed by atoms with E-state index >= 15 is 0 Å². The van der Waals surface area contributed by atoms with Crippen LogP contribution in [-0.4, -0.2) is 41.4 Å². The Bertz CT molecular complexity index is 1600. The molecule has 0 saturated carbocycles. The van der Waals surface area contributed by atoms with Crippen molar-refractivity contribution < 1.29 is 22.1 Å². The minimum atomic E-state index is -3.96. The summed E-state index contributed by atoms with van der Waals surface area (Å²) in [6.45, 7) is 3.68. The molecule has 10 heteroatoms. The number of aryl methyl sites for hydroxylation is 2. The van der Waals surface area contributed by atoms with Gasteiger partial charge in [0.25, 0.3) is 0 Å². The van der Waals surface area contributed by atoms with Gasteiger partial charge in [0.15, 0.2) is 0 Å². The van der Waals surface area contributed by atoms with Crippen LogP contribution in [0.3, 0.4) is 0 Å². The molecule has 192 valence electrons. The SMILES string of the molecule is COc1ccc2cc1CN1Cc3cc(ccc3OS1(=O)=O)OCCCCn1nnc3c(C)c(ccc31)C2. The van der Waals surface area contributed by atoms with E-state index in [9.17, 15) is 8.42 Å². The molecule has 3 aliphatic heterocycles. The monoisotopic (exact) mass is 520 g/mol. The van der Waals surface area contributed by atoms with E-state index in [4.69, 9.17) is 13.7 Å². The summed E-state index contributed by atoms with van der Waals surface area (Å²) in [4.78, 5) is 0.